The van der Waals surface area contributed by atoms with Crippen molar-refractivity contribution in [2.75, 3.05) is 11.9 Å². The molecule has 0 spiro atoms. The van der Waals surface area contributed by atoms with Gasteiger partial charge in [-0.2, -0.15) is 0 Å². The SMILES string of the molecule is CCCCNC(=O)Nc1ccc(OC(C)C)cc1. The average Bonchev–Trinajstić information content (AvgIpc) is 2.31. The largest absolute Gasteiger partial charge is 0.491 e. The summed E-state index contributed by atoms with van der Waals surface area (Å²) in [5.74, 6) is 0.807. The van der Waals surface area contributed by atoms with E-state index in [0.717, 1.165) is 24.3 Å². The zero-order valence-corrected chi connectivity index (χ0v) is 11.3. The molecule has 2 N–H and O–H groups in total. The second-order valence-corrected chi connectivity index (χ2v) is 4.43. The third-order valence-electron chi connectivity index (χ3n) is 2.30. The Morgan fingerprint density at radius 3 is 2.50 bits per heavy atom. The first-order valence-corrected chi connectivity index (χ1v) is 6.43. The van der Waals surface area contributed by atoms with Crippen LogP contribution in [0.25, 0.3) is 0 Å². The lowest BCUT2D eigenvalue weighted by molar-refractivity contribution is 0.242. The number of hydrogen-bond donors (Lipinski definition) is 2. The van der Waals surface area contributed by atoms with Crippen molar-refractivity contribution in [2.45, 2.75) is 39.7 Å². The first-order valence-electron chi connectivity index (χ1n) is 6.43. The molecule has 4 heteroatoms. The molecule has 0 unspecified atom stereocenters. The first-order chi connectivity index (χ1) is 8.61. The van der Waals surface area contributed by atoms with Crippen LogP contribution in [0.5, 0.6) is 5.75 Å². The van der Waals surface area contributed by atoms with E-state index in [9.17, 15) is 4.79 Å². The van der Waals surface area contributed by atoms with Crippen LogP contribution in [-0.4, -0.2) is 18.7 Å². The van der Waals surface area contributed by atoms with Gasteiger partial charge in [-0.25, -0.2) is 4.79 Å². The number of anilines is 1. The Hall–Kier alpha value is -1.71. The highest BCUT2D eigenvalue weighted by Crippen LogP contribution is 2.16. The number of unbranched alkanes of at least 4 members (excludes halogenated alkanes) is 1. The molecule has 0 aromatic heterocycles. The molecule has 1 aromatic carbocycles. The monoisotopic (exact) mass is 250 g/mol. The maximum Gasteiger partial charge on any atom is 0.319 e. The first kappa shape index (κ1) is 14.4. The summed E-state index contributed by atoms with van der Waals surface area (Å²) in [5, 5.41) is 5.57. The fourth-order valence-electron chi connectivity index (χ4n) is 1.44. The lowest BCUT2D eigenvalue weighted by Gasteiger charge is -2.11. The summed E-state index contributed by atoms with van der Waals surface area (Å²) in [5.41, 5.74) is 0.764. The van der Waals surface area contributed by atoms with Crippen molar-refractivity contribution in [2.24, 2.45) is 0 Å². The summed E-state index contributed by atoms with van der Waals surface area (Å²) in [6, 6.07) is 7.19. The zero-order valence-electron chi connectivity index (χ0n) is 11.3. The van der Waals surface area contributed by atoms with Crippen molar-refractivity contribution in [1.29, 1.82) is 0 Å². The second-order valence-electron chi connectivity index (χ2n) is 4.43. The van der Waals surface area contributed by atoms with E-state index in [1.165, 1.54) is 0 Å². The predicted molar refractivity (Wildman–Crippen MR) is 74.1 cm³/mol. The minimum Gasteiger partial charge on any atom is -0.491 e. The van der Waals surface area contributed by atoms with Crippen molar-refractivity contribution >= 4 is 11.7 Å². The molecule has 0 heterocycles. The molecule has 0 aliphatic heterocycles. The van der Waals surface area contributed by atoms with Crippen LogP contribution in [0.1, 0.15) is 33.6 Å². The van der Waals surface area contributed by atoms with E-state index in [2.05, 4.69) is 17.6 Å². The molecule has 0 aliphatic rings. The molecule has 4 nitrogen and oxygen atoms in total. The minimum absolute atomic E-state index is 0.154. The molecule has 0 fully saturated rings. The Bertz CT molecular complexity index is 361. The Kier molecular flexibility index (Phi) is 6.05. The molecular weight excluding hydrogens is 228 g/mol. The third-order valence-corrected chi connectivity index (χ3v) is 2.30. The number of carbonyl (C=O) groups excluding carboxylic acids is 1. The molecular formula is C14H22N2O2. The van der Waals surface area contributed by atoms with Gasteiger partial charge in [-0.3, -0.25) is 0 Å². The number of hydrogen-bond acceptors (Lipinski definition) is 2. The fraction of sp³-hybridized carbons (Fsp3) is 0.500. The summed E-state index contributed by atoms with van der Waals surface area (Å²) in [4.78, 5) is 11.5. The van der Waals surface area contributed by atoms with Gasteiger partial charge in [0.15, 0.2) is 0 Å². The standard InChI is InChI=1S/C14H22N2O2/c1-4-5-10-15-14(17)16-12-6-8-13(9-7-12)18-11(2)3/h6-9,11H,4-5,10H2,1-3H3,(H2,15,16,17). The number of carbonyl (C=O) groups is 1. The highest BCUT2D eigenvalue weighted by Gasteiger charge is 2.01. The molecule has 100 valence electrons. The summed E-state index contributed by atoms with van der Waals surface area (Å²) < 4.78 is 5.53. The van der Waals surface area contributed by atoms with Crippen LogP contribution in [0.3, 0.4) is 0 Å². The van der Waals surface area contributed by atoms with Crippen molar-refractivity contribution in [3.63, 3.8) is 0 Å². The molecule has 0 radical (unpaired) electrons. The maximum atomic E-state index is 11.5. The number of amides is 2. The smallest absolute Gasteiger partial charge is 0.319 e. The van der Waals surface area contributed by atoms with E-state index in [4.69, 9.17) is 4.74 Å². The number of nitrogens with one attached hydrogen (secondary N) is 2. The van der Waals surface area contributed by atoms with Crippen molar-refractivity contribution < 1.29 is 9.53 Å². The van der Waals surface area contributed by atoms with Gasteiger partial charge < -0.3 is 15.4 Å². The Balaban J connectivity index is 2.40. The molecule has 18 heavy (non-hydrogen) atoms. The van der Waals surface area contributed by atoms with Crippen LogP contribution < -0.4 is 15.4 Å². The zero-order chi connectivity index (χ0) is 13.4. The molecule has 0 saturated heterocycles. The van der Waals surface area contributed by atoms with Gasteiger partial charge in [0.05, 0.1) is 6.10 Å². The van der Waals surface area contributed by atoms with Gasteiger partial charge in [0.25, 0.3) is 0 Å². The normalized spacial score (nSPS) is 10.2. The molecule has 1 rings (SSSR count). The van der Waals surface area contributed by atoms with Crippen LogP contribution in [0, 0.1) is 0 Å². The van der Waals surface area contributed by atoms with E-state index in [1.807, 2.05) is 38.1 Å². The number of urea groups is 1. The van der Waals surface area contributed by atoms with E-state index < -0.39 is 0 Å². The highest BCUT2D eigenvalue weighted by atomic mass is 16.5. The van der Waals surface area contributed by atoms with Crippen LogP contribution in [0.15, 0.2) is 24.3 Å². The topological polar surface area (TPSA) is 50.4 Å². The van der Waals surface area contributed by atoms with Gasteiger partial charge in [-0.05, 0) is 44.5 Å². The van der Waals surface area contributed by atoms with Crippen molar-refractivity contribution in [1.82, 2.24) is 5.32 Å². The summed E-state index contributed by atoms with van der Waals surface area (Å²) >= 11 is 0. The summed E-state index contributed by atoms with van der Waals surface area (Å²) in [6.45, 7) is 6.75. The molecule has 2 amide bonds. The van der Waals surface area contributed by atoms with E-state index in [1.54, 1.807) is 0 Å². The quantitative estimate of drug-likeness (QED) is 0.760. The fourth-order valence-corrected chi connectivity index (χ4v) is 1.44. The van der Waals surface area contributed by atoms with E-state index >= 15 is 0 Å². The molecule has 0 aliphatic carbocycles. The predicted octanol–water partition coefficient (Wildman–Crippen LogP) is 3.40. The molecule has 1 aromatic rings. The summed E-state index contributed by atoms with van der Waals surface area (Å²) in [7, 11) is 0. The van der Waals surface area contributed by atoms with Gasteiger partial charge in [-0.1, -0.05) is 13.3 Å². The minimum atomic E-state index is -0.166. The Labute approximate surface area is 109 Å². The Morgan fingerprint density at radius 2 is 1.94 bits per heavy atom. The summed E-state index contributed by atoms with van der Waals surface area (Å²) in [6.07, 6.45) is 2.22. The number of benzene rings is 1. The van der Waals surface area contributed by atoms with Crippen LogP contribution >= 0.6 is 0 Å². The van der Waals surface area contributed by atoms with Crippen LogP contribution in [0.4, 0.5) is 10.5 Å². The maximum absolute atomic E-state index is 11.5. The number of rotatable bonds is 6. The van der Waals surface area contributed by atoms with Gasteiger partial charge >= 0.3 is 6.03 Å². The number of ether oxygens (including phenoxy) is 1. The average molecular weight is 250 g/mol. The van der Waals surface area contributed by atoms with Gasteiger partial charge in [0.2, 0.25) is 0 Å². The van der Waals surface area contributed by atoms with Gasteiger partial charge in [-0.15, -0.1) is 0 Å². The van der Waals surface area contributed by atoms with Crippen LogP contribution in [-0.2, 0) is 0 Å². The van der Waals surface area contributed by atoms with Crippen molar-refractivity contribution in [3.05, 3.63) is 24.3 Å². The van der Waals surface area contributed by atoms with E-state index in [0.29, 0.717) is 6.54 Å². The third kappa shape index (κ3) is 5.57. The molecule has 0 atom stereocenters. The Morgan fingerprint density at radius 1 is 1.28 bits per heavy atom. The molecule has 0 bridgehead atoms. The lowest BCUT2D eigenvalue weighted by Crippen LogP contribution is -2.29. The lowest BCUT2D eigenvalue weighted by atomic mass is 10.3. The van der Waals surface area contributed by atoms with Gasteiger partial charge in [0.1, 0.15) is 5.75 Å². The second kappa shape index (κ2) is 7.58. The molecule has 0 saturated carbocycles. The van der Waals surface area contributed by atoms with Gasteiger partial charge in [0, 0.05) is 12.2 Å². The van der Waals surface area contributed by atoms with Crippen molar-refractivity contribution in [3.8, 4) is 5.75 Å². The van der Waals surface area contributed by atoms with Crippen LogP contribution in [0.2, 0.25) is 0 Å². The van der Waals surface area contributed by atoms with E-state index in [-0.39, 0.29) is 12.1 Å². The highest BCUT2D eigenvalue weighted by molar-refractivity contribution is 5.89.